The van der Waals surface area contributed by atoms with Gasteiger partial charge in [-0.1, -0.05) is 44.2 Å². The Morgan fingerprint density at radius 1 is 0.804 bits per heavy atom. The molecule has 278 valence electrons. The number of H-pyrrole nitrogens is 1. The molecule has 2 aromatic carbocycles. The number of fused-ring (bicyclic) bond motifs is 1. The van der Waals surface area contributed by atoms with Gasteiger partial charge in [-0.3, -0.25) is 19.2 Å². The largest absolute Gasteiger partial charge is 0.508 e. The van der Waals surface area contributed by atoms with Gasteiger partial charge in [-0.2, -0.15) is 11.8 Å². The van der Waals surface area contributed by atoms with Crippen LogP contribution < -0.4 is 32.7 Å². The maximum Gasteiger partial charge on any atom is 0.326 e. The number of carbonyl (C=O) groups excluding carboxylic acids is 4. The first-order chi connectivity index (χ1) is 24.3. The Balaban J connectivity index is 1.81. The molecular formula is C36H51N7O7S. The highest BCUT2D eigenvalue weighted by molar-refractivity contribution is 7.98. The number of unbranched alkanes of at least 4 members (excludes halogenated alkanes) is 1. The topological polar surface area (TPSA) is 242 Å². The molecule has 0 bridgehead atoms. The van der Waals surface area contributed by atoms with Crippen LogP contribution >= 0.6 is 11.8 Å². The summed E-state index contributed by atoms with van der Waals surface area (Å²) >= 11 is 1.44. The van der Waals surface area contributed by atoms with Crippen molar-refractivity contribution in [2.45, 2.75) is 82.6 Å². The second kappa shape index (κ2) is 20.3. The number of aromatic hydroxyl groups is 1. The number of carboxylic acids is 1. The summed E-state index contributed by atoms with van der Waals surface area (Å²) in [5, 5.41) is 31.1. The SMILES string of the molecule is CSCC[C@@H](NC(=O)[C@@H](NC(=O)[C@H](Cc1ccc(O)cc1)NC(=O)[C@H](CCCCN)NC(=O)[C@@H](N)Cc1c[nH]c2ccccc12)C(C)C)C(=O)O. The standard InChI is InChI=1S/C36H51N7O7S/c1-21(2)31(35(48)41-29(36(49)50)15-17-51-3)43-34(47)30(18-22-11-13-24(44)14-12-22)42-33(46)28(10-6-7-16-37)40-32(45)26(38)19-23-20-39-27-9-5-4-8-25(23)27/h4-5,8-9,11-14,20-21,26,28-31,39,44H,6-7,10,15-19,37-38H2,1-3H3,(H,40,45)(H,41,48)(H,42,46)(H,43,47)(H,49,50)/t26-,28-,29+,30-,31-/m0/s1. The van der Waals surface area contributed by atoms with Crippen LogP contribution in [0, 0.1) is 5.92 Å². The zero-order valence-corrected chi connectivity index (χ0v) is 30.1. The monoisotopic (exact) mass is 725 g/mol. The van der Waals surface area contributed by atoms with Crippen molar-refractivity contribution in [3.63, 3.8) is 0 Å². The summed E-state index contributed by atoms with van der Waals surface area (Å²) in [4.78, 5) is 69.3. The normalized spacial score (nSPS) is 14.2. The Morgan fingerprint density at radius 3 is 2.10 bits per heavy atom. The number of benzene rings is 2. The molecule has 0 aliphatic heterocycles. The van der Waals surface area contributed by atoms with Crippen LogP contribution in [0.4, 0.5) is 0 Å². The molecule has 4 amide bonds. The third kappa shape index (κ3) is 12.6. The Hall–Kier alpha value is -4.60. The molecule has 0 aliphatic carbocycles. The predicted molar refractivity (Wildman–Crippen MR) is 198 cm³/mol. The van der Waals surface area contributed by atoms with Crippen molar-refractivity contribution in [2.24, 2.45) is 17.4 Å². The maximum atomic E-state index is 13.9. The van der Waals surface area contributed by atoms with E-state index in [-0.39, 0.29) is 31.4 Å². The molecule has 11 N–H and O–H groups in total. The summed E-state index contributed by atoms with van der Waals surface area (Å²) in [6, 6.07) is 8.24. The average Bonchev–Trinajstić information content (AvgIpc) is 3.51. The molecule has 0 fully saturated rings. The Labute approximate surface area is 302 Å². The number of hydrogen-bond acceptors (Lipinski definition) is 9. The smallest absolute Gasteiger partial charge is 0.326 e. The van der Waals surface area contributed by atoms with Crippen LogP contribution in [0.15, 0.2) is 54.7 Å². The molecule has 1 heterocycles. The fourth-order valence-electron chi connectivity index (χ4n) is 5.56. The summed E-state index contributed by atoms with van der Waals surface area (Å²) < 4.78 is 0. The van der Waals surface area contributed by atoms with Crippen molar-refractivity contribution >= 4 is 52.3 Å². The van der Waals surface area contributed by atoms with E-state index in [4.69, 9.17) is 11.5 Å². The fourth-order valence-corrected chi connectivity index (χ4v) is 6.03. The first-order valence-corrected chi connectivity index (χ1v) is 18.5. The summed E-state index contributed by atoms with van der Waals surface area (Å²) in [5.74, 6) is -3.63. The zero-order valence-electron chi connectivity index (χ0n) is 29.3. The third-order valence-electron chi connectivity index (χ3n) is 8.51. The number of aromatic nitrogens is 1. The van der Waals surface area contributed by atoms with Crippen molar-refractivity contribution in [1.82, 2.24) is 26.3 Å². The number of nitrogens with one attached hydrogen (secondary N) is 5. The van der Waals surface area contributed by atoms with Gasteiger partial charge in [-0.05, 0) is 85.9 Å². The molecule has 3 rings (SSSR count). The van der Waals surface area contributed by atoms with E-state index in [1.807, 2.05) is 30.5 Å². The average molecular weight is 726 g/mol. The molecule has 0 saturated carbocycles. The van der Waals surface area contributed by atoms with Gasteiger partial charge >= 0.3 is 5.97 Å². The van der Waals surface area contributed by atoms with Gasteiger partial charge in [0, 0.05) is 23.5 Å². The molecule has 1 aromatic heterocycles. The summed E-state index contributed by atoms with van der Waals surface area (Å²) in [5.41, 5.74) is 14.4. The third-order valence-corrected chi connectivity index (χ3v) is 9.16. The lowest BCUT2D eigenvalue weighted by Gasteiger charge is -2.28. The second-order valence-corrected chi connectivity index (χ2v) is 13.8. The molecule has 0 aliphatic rings. The van der Waals surface area contributed by atoms with E-state index in [0.717, 1.165) is 16.5 Å². The minimum atomic E-state index is -1.21. The number of rotatable bonds is 21. The number of carboxylic acid groups (broad SMARTS) is 1. The molecule has 3 aromatic rings. The van der Waals surface area contributed by atoms with Crippen LogP contribution in [-0.2, 0) is 36.8 Å². The van der Waals surface area contributed by atoms with E-state index >= 15 is 0 Å². The fraction of sp³-hybridized carbons (Fsp3) is 0.472. The van der Waals surface area contributed by atoms with E-state index in [1.165, 1.54) is 23.9 Å². The van der Waals surface area contributed by atoms with E-state index in [0.29, 0.717) is 30.7 Å². The van der Waals surface area contributed by atoms with Crippen molar-refractivity contribution in [2.75, 3.05) is 18.6 Å². The minimum absolute atomic E-state index is 0.0146. The van der Waals surface area contributed by atoms with Gasteiger partial charge in [0.15, 0.2) is 0 Å². The first-order valence-electron chi connectivity index (χ1n) is 17.1. The van der Waals surface area contributed by atoms with E-state index in [2.05, 4.69) is 26.3 Å². The Morgan fingerprint density at radius 2 is 1.45 bits per heavy atom. The molecule has 0 radical (unpaired) electrons. The summed E-state index contributed by atoms with van der Waals surface area (Å²) in [6.07, 6.45) is 5.36. The number of thioether (sulfide) groups is 1. The highest BCUT2D eigenvalue weighted by Crippen LogP contribution is 2.19. The quantitative estimate of drug-likeness (QED) is 0.0718. The molecular weight excluding hydrogens is 675 g/mol. The number of hydrogen-bond donors (Lipinski definition) is 9. The zero-order chi connectivity index (χ0) is 37.5. The van der Waals surface area contributed by atoms with Gasteiger partial charge in [0.25, 0.3) is 0 Å². The lowest BCUT2D eigenvalue weighted by Crippen LogP contribution is -2.60. The van der Waals surface area contributed by atoms with E-state index in [1.54, 1.807) is 32.2 Å². The number of carbonyl (C=O) groups is 5. The van der Waals surface area contributed by atoms with Crippen LogP contribution in [0.5, 0.6) is 5.75 Å². The number of phenolic OH excluding ortho intramolecular Hbond substituents is 1. The van der Waals surface area contributed by atoms with E-state index in [9.17, 15) is 34.2 Å². The number of para-hydroxylation sites is 1. The van der Waals surface area contributed by atoms with Gasteiger partial charge in [-0.15, -0.1) is 0 Å². The molecule has 51 heavy (non-hydrogen) atoms. The molecule has 5 atom stereocenters. The van der Waals surface area contributed by atoms with E-state index < -0.39 is 65.7 Å². The number of nitrogens with two attached hydrogens (primary N) is 2. The van der Waals surface area contributed by atoms with Gasteiger partial charge in [-0.25, -0.2) is 4.79 Å². The van der Waals surface area contributed by atoms with Crippen LogP contribution in [0.3, 0.4) is 0 Å². The predicted octanol–water partition coefficient (Wildman–Crippen LogP) is 1.55. The molecule has 0 unspecified atom stereocenters. The lowest BCUT2D eigenvalue weighted by atomic mass is 9.99. The van der Waals surface area contributed by atoms with Crippen LogP contribution in [-0.4, -0.2) is 93.6 Å². The van der Waals surface area contributed by atoms with Crippen LogP contribution in [0.1, 0.15) is 50.7 Å². The molecule has 0 saturated heterocycles. The Bertz CT molecular complexity index is 1610. The first kappa shape index (κ1) is 40.8. The van der Waals surface area contributed by atoms with Crippen molar-refractivity contribution < 1.29 is 34.2 Å². The molecule has 0 spiro atoms. The highest BCUT2D eigenvalue weighted by atomic mass is 32.2. The van der Waals surface area contributed by atoms with Gasteiger partial charge < -0.3 is 47.9 Å². The maximum absolute atomic E-state index is 13.9. The number of aliphatic carboxylic acids is 1. The van der Waals surface area contributed by atoms with Crippen molar-refractivity contribution in [3.05, 3.63) is 65.9 Å². The van der Waals surface area contributed by atoms with Crippen LogP contribution in [0.2, 0.25) is 0 Å². The number of amides is 4. The minimum Gasteiger partial charge on any atom is -0.508 e. The molecule has 15 heteroatoms. The van der Waals surface area contributed by atoms with Gasteiger partial charge in [0.2, 0.25) is 23.6 Å². The summed E-state index contributed by atoms with van der Waals surface area (Å²) in [6.45, 7) is 3.80. The molecule has 14 nitrogen and oxygen atoms in total. The van der Waals surface area contributed by atoms with Crippen molar-refractivity contribution in [3.8, 4) is 5.75 Å². The Kier molecular flexibility index (Phi) is 16.3. The lowest BCUT2D eigenvalue weighted by molar-refractivity contribution is -0.142. The summed E-state index contributed by atoms with van der Waals surface area (Å²) in [7, 11) is 0. The highest BCUT2D eigenvalue weighted by Gasteiger charge is 2.33. The van der Waals surface area contributed by atoms with Gasteiger partial charge in [0.05, 0.1) is 6.04 Å². The van der Waals surface area contributed by atoms with Crippen molar-refractivity contribution in [1.29, 1.82) is 0 Å². The second-order valence-electron chi connectivity index (χ2n) is 12.9. The van der Waals surface area contributed by atoms with Gasteiger partial charge in [0.1, 0.15) is 29.9 Å². The number of aromatic amines is 1. The number of phenols is 1. The van der Waals surface area contributed by atoms with Crippen LogP contribution in [0.25, 0.3) is 10.9 Å².